The fraction of sp³-hybridized carbons (Fsp3) is 0. The highest BCUT2D eigenvalue weighted by atomic mass is 16.5. The summed E-state index contributed by atoms with van der Waals surface area (Å²) in [5.41, 5.74) is 1.70. The average molecular weight is 362 g/mol. The second-order valence-corrected chi connectivity index (χ2v) is 5.05. The van der Waals surface area contributed by atoms with Gasteiger partial charge >= 0.3 is 0 Å². The Labute approximate surface area is 153 Å². The van der Waals surface area contributed by atoms with E-state index in [9.17, 15) is 0 Å². The fourth-order valence-corrected chi connectivity index (χ4v) is 2.35. The van der Waals surface area contributed by atoms with E-state index in [0.29, 0.717) is 22.6 Å². The molecular formula is C18H14N6O3. The van der Waals surface area contributed by atoms with E-state index in [0.717, 1.165) is 18.8 Å². The van der Waals surface area contributed by atoms with Crippen LogP contribution in [0.1, 0.15) is 17.1 Å². The Morgan fingerprint density at radius 2 is 1.93 bits per heavy atom. The molecule has 0 aliphatic rings. The highest BCUT2D eigenvalue weighted by Crippen LogP contribution is 2.36. The lowest BCUT2D eigenvalue weighted by molar-refractivity contribution is 0.414. The topological polar surface area (TPSA) is 142 Å². The van der Waals surface area contributed by atoms with Crippen molar-refractivity contribution in [3.05, 3.63) is 54.3 Å². The van der Waals surface area contributed by atoms with Crippen molar-refractivity contribution >= 4 is 24.9 Å². The summed E-state index contributed by atoms with van der Waals surface area (Å²) in [6, 6.07) is 5.01. The molecule has 0 saturated heterocycles. The van der Waals surface area contributed by atoms with Crippen molar-refractivity contribution in [1.82, 2.24) is 15.1 Å². The van der Waals surface area contributed by atoms with E-state index in [1.54, 1.807) is 30.5 Å². The molecule has 0 atom stereocenters. The maximum absolute atomic E-state index is 7.47. The number of ether oxygens (including phenoxy) is 2. The van der Waals surface area contributed by atoms with Crippen LogP contribution in [0.3, 0.4) is 0 Å². The molecule has 3 heterocycles. The Morgan fingerprint density at radius 1 is 1.07 bits per heavy atom. The largest absolute Gasteiger partial charge is 0.449 e. The van der Waals surface area contributed by atoms with E-state index in [-0.39, 0.29) is 23.1 Å². The average Bonchev–Trinajstić information content (AvgIpc) is 3.13. The Hall–Kier alpha value is -4.14. The molecule has 0 radical (unpaired) electrons. The molecule has 0 aromatic carbocycles. The van der Waals surface area contributed by atoms with Gasteiger partial charge in [0, 0.05) is 24.2 Å². The van der Waals surface area contributed by atoms with Gasteiger partial charge in [0.05, 0.1) is 11.8 Å². The first-order valence-electron chi connectivity index (χ1n) is 7.63. The number of nitrogens with zero attached hydrogens (tertiary/aromatic N) is 3. The lowest BCUT2D eigenvalue weighted by Gasteiger charge is -2.12. The van der Waals surface area contributed by atoms with Crippen LogP contribution >= 0.6 is 0 Å². The van der Waals surface area contributed by atoms with Gasteiger partial charge in [-0.15, -0.1) is 0 Å². The zero-order valence-corrected chi connectivity index (χ0v) is 14.0. The van der Waals surface area contributed by atoms with Crippen LogP contribution in [0.5, 0.6) is 17.4 Å². The SMILES string of the molecule is C=Cc1ncccc1Oc1cc(-c2c(C=N)noc2C=N)cnc1OC=N. The molecule has 9 nitrogen and oxygen atoms in total. The maximum atomic E-state index is 7.47. The minimum Gasteiger partial charge on any atom is -0.449 e. The van der Waals surface area contributed by atoms with Crippen LogP contribution in [0.15, 0.2) is 41.7 Å². The molecule has 3 aromatic heterocycles. The summed E-state index contributed by atoms with van der Waals surface area (Å²) in [6.45, 7) is 3.70. The van der Waals surface area contributed by atoms with Crippen molar-refractivity contribution in [3.8, 4) is 28.5 Å². The fourth-order valence-electron chi connectivity index (χ4n) is 2.35. The molecule has 0 fully saturated rings. The van der Waals surface area contributed by atoms with Gasteiger partial charge in [0.2, 0.25) is 0 Å². The summed E-state index contributed by atoms with van der Waals surface area (Å²) in [5.74, 6) is 0.873. The van der Waals surface area contributed by atoms with Gasteiger partial charge in [0.15, 0.2) is 23.7 Å². The molecule has 3 rings (SSSR count). The molecular weight excluding hydrogens is 348 g/mol. The monoisotopic (exact) mass is 362 g/mol. The summed E-state index contributed by atoms with van der Waals surface area (Å²) in [4.78, 5) is 8.32. The van der Waals surface area contributed by atoms with Crippen LogP contribution in [0.25, 0.3) is 17.2 Å². The van der Waals surface area contributed by atoms with Crippen LogP contribution in [0, 0.1) is 16.2 Å². The molecule has 134 valence electrons. The van der Waals surface area contributed by atoms with E-state index in [2.05, 4.69) is 21.7 Å². The van der Waals surface area contributed by atoms with E-state index < -0.39 is 0 Å². The van der Waals surface area contributed by atoms with Crippen LogP contribution < -0.4 is 9.47 Å². The third-order valence-electron chi connectivity index (χ3n) is 3.50. The smallest absolute Gasteiger partial charge is 0.264 e. The van der Waals surface area contributed by atoms with Crippen LogP contribution in [0.4, 0.5) is 0 Å². The molecule has 9 heteroatoms. The first kappa shape index (κ1) is 17.7. The lowest BCUT2D eigenvalue weighted by Crippen LogP contribution is -1.98. The minimum atomic E-state index is 0.0666. The summed E-state index contributed by atoms with van der Waals surface area (Å²) in [5, 5.41) is 25.8. The quantitative estimate of drug-likeness (QED) is 0.413. The van der Waals surface area contributed by atoms with Crippen molar-refractivity contribution < 1.29 is 14.0 Å². The van der Waals surface area contributed by atoms with E-state index >= 15 is 0 Å². The predicted octanol–water partition coefficient (Wildman–Crippen LogP) is 3.55. The van der Waals surface area contributed by atoms with Crippen molar-refractivity contribution in [3.63, 3.8) is 0 Å². The van der Waals surface area contributed by atoms with Crippen molar-refractivity contribution in [2.75, 3.05) is 0 Å². The molecule has 0 amide bonds. The van der Waals surface area contributed by atoms with Crippen LogP contribution in [-0.2, 0) is 0 Å². The van der Waals surface area contributed by atoms with Crippen LogP contribution in [0.2, 0.25) is 0 Å². The van der Waals surface area contributed by atoms with Gasteiger partial charge in [-0.1, -0.05) is 11.7 Å². The maximum Gasteiger partial charge on any atom is 0.264 e. The summed E-state index contributed by atoms with van der Waals surface area (Å²) in [6.07, 6.45) is 7.36. The second-order valence-electron chi connectivity index (χ2n) is 5.05. The zero-order valence-electron chi connectivity index (χ0n) is 14.0. The van der Waals surface area contributed by atoms with Gasteiger partial charge in [-0.05, 0) is 24.3 Å². The highest BCUT2D eigenvalue weighted by molar-refractivity contribution is 5.95. The Morgan fingerprint density at radius 3 is 2.63 bits per heavy atom. The minimum absolute atomic E-state index is 0.0666. The molecule has 0 unspecified atom stereocenters. The number of hydrogen-bond donors (Lipinski definition) is 3. The van der Waals surface area contributed by atoms with Gasteiger partial charge in [0.1, 0.15) is 11.4 Å². The number of nitrogens with one attached hydrogen (secondary N) is 3. The van der Waals surface area contributed by atoms with Crippen molar-refractivity contribution in [1.29, 1.82) is 16.2 Å². The van der Waals surface area contributed by atoms with Gasteiger partial charge in [-0.3, -0.25) is 10.4 Å². The third kappa shape index (κ3) is 3.47. The van der Waals surface area contributed by atoms with Gasteiger partial charge < -0.3 is 24.8 Å². The van der Waals surface area contributed by atoms with Crippen molar-refractivity contribution in [2.24, 2.45) is 0 Å². The summed E-state index contributed by atoms with van der Waals surface area (Å²) < 4.78 is 16.0. The zero-order chi connectivity index (χ0) is 19.2. The van der Waals surface area contributed by atoms with Crippen molar-refractivity contribution in [2.45, 2.75) is 0 Å². The van der Waals surface area contributed by atoms with Gasteiger partial charge in [-0.25, -0.2) is 4.98 Å². The van der Waals surface area contributed by atoms with E-state index in [4.69, 9.17) is 30.2 Å². The molecule has 0 bridgehead atoms. The van der Waals surface area contributed by atoms with Gasteiger partial charge in [-0.2, -0.15) is 0 Å². The molecule has 0 aliphatic heterocycles. The number of hydrogen-bond acceptors (Lipinski definition) is 9. The number of rotatable bonds is 8. The Balaban J connectivity index is 2.12. The molecule has 27 heavy (non-hydrogen) atoms. The highest BCUT2D eigenvalue weighted by Gasteiger charge is 2.19. The number of pyridine rings is 2. The lowest BCUT2D eigenvalue weighted by atomic mass is 10.1. The van der Waals surface area contributed by atoms with Gasteiger partial charge in [0.25, 0.3) is 5.88 Å². The Bertz CT molecular complexity index is 1000. The molecule has 0 aliphatic carbocycles. The van der Waals surface area contributed by atoms with E-state index in [1.807, 2.05) is 0 Å². The molecule has 0 spiro atoms. The normalized spacial score (nSPS) is 10.1. The number of aromatic nitrogens is 3. The second kappa shape index (κ2) is 7.83. The summed E-state index contributed by atoms with van der Waals surface area (Å²) >= 11 is 0. The first-order valence-corrected chi connectivity index (χ1v) is 7.63. The predicted molar refractivity (Wildman–Crippen MR) is 99.3 cm³/mol. The standard InChI is InChI=1S/C18H14N6O3/c1-2-12-14(4-3-5-22-12)26-15-6-11(9-23-18(15)25-10-21)17-13(7-19)24-27-16(17)8-20/h2-10,19-21H,1H2. The molecule has 0 saturated carbocycles. The van der Waals surface area contributed by atoms with Crippen LogP contribution in [-0.4, -0.2) is 34.0 Å². The molecule has 3 N–H and O–H groups in total. The van der Waals surface area contributed by atoms with E-state index in [1.165, 1.54) is 6.20 Å². The first-order chi connectivity index (χ1) is 13.2. The summed E-state index contributed by atoms with van der Waals surface area (Å²) in [7, 11) is 0. The molecule has 3 aromatic rings. The Kier molecular flexibility index (Phi) is 5.12. The third-order valence-corrected chi connectivity index (χ3v) is 3.50.